The molecule has 0 bridgehead atoms. The van der Waals surface area contributed by atoms with Crippen molar-refractivity contribution in [3.05, 3.63) is 70.9 Å². The van der Waals surface area contributed by atoms with Crippen molar-refractivity contribution in [1.29, 1.82) is 0 Å². The van der Waals surface area contributed by atoms with Gasteiger partial charge in [-0.25, -0.2) is 0 Å². The largest absolute Gasteiger partial charge is 0.497 e. The van der Waals surface area contributed by atoms with E-state index in [-0.39, 0.29) is 0 Å². The van der Waals surface area contributed by atoms with E-state index in [0.29, 0.717) is 24.1 Å². The van der Waals surface area contributed by atoms with Gasteiger partial charge in [0.05, 0.1) is 13.7 Å². The zero-order valence-electron chi connectivity index (χ0n) is 15.9. The standard InChI is InChI=1S/C21H23ClN4O2/c1-23-21(24-11-10-15-8-9-18(27-2)13-19(15)22)25-14-17-12-20(28-26-17)16-6-4-3-5-7-16/h3-9,12-13H,10-11,14H2,1-2H3,(H2,23,24,25). The summed E-state index contributed by atoms with van der Waals surface area (Å²) in [6.45, 7) is 1.21. The Kier molecular flexibility index (Phi) is 6.92. The number of hydrogen-bond acceptors (Lipinski definition) is 4. The van der Waals surface area contributed by atoms with Gasteiger partial charge in [0.2, 0.25) is 0 Å². The Labute approximate surface area is 169 Å². The number of rotatable bonds is 7. The van der Waals surface area contributed by atoms with Gasteiger partial charge in [0.1, 0.15) is 11.4 Å². The first kappa shape index (κ1) is 19.8. The number of nitrogens with zero attached hydrogens (tertiary/aromatic N) is 2. The summed E-state index contributed by atoms with van der Waals surface area (Å²) in [6.07, 6.45) is 0.769. The van der Waals surface area contributed by atoms with Crippen LogP contribution in [0.25, 0.3) is 11.3 Å². The number of methoxy groups -OCH3 is 1. The third kappa shape index (κ3) is 5.27. The highest BCUT2D eigenvalue weighted by atomic mass is 35.5. The van der Waals surface area contributed by atoms with Crippen LogP contribution in [0.15, 0.2) is 64.1 Å². The molecule has 0 fully saturated rings. The molecule has 0 saturated heterocycles. The lowest BCUT2D eigenvalue weighted by molar-refractivity contribution is 0.414. The second-order valence-corrected chi connectivity index (χ2v) is 6.52. The lowest BCUT2D eigenvalue weighted by Gasteiger charge is -2.11. The SMILES string of the molecule is CN=C(NCCc1ccc(OC)cc1Cl)NCc1cc(-c2ccccc2)on1. The molecule has 3 aromatic rings. The van der Waals surface area contributed by atoms with Crippen LogP contribution in [0.3, 0.4) is 0 Å². The van der Waals surface area contributed by atoms with Crippen LogP contribution < -0.4 is 15.4 Å². The molecule has 146 valence electrons. The minimum absolute atomic E-state index is 0.513. The fraction of sp³-hybridized carbons (Fsp3) is 0.238. The summed E-state index contributed by atoms with van der Waals surface area (Å²) in [5, 5.41) is 11.3. The van der Waals surface area contributed by atoms with E-state index in [1.807, 2.05) is 54.6 Å². The molecule has 0 spiro atoms. The number of hydrogen-bond donors (Lipinski definition) is 2. The van der Waals surface area contributed by atoms with Gasteiger partial charge in [-0.3, -0.25) is 4.99 Å². The molecule has 0 atom stereocenters. The number of nitrogens with one attached hydrogen (secondary N) is 2. The monoisotopic (exact) mass is 398 g/mol. The predicted octanol–water partition coefficient (Wildman–Crippen LogP) is 3.91. The quantitative estimate of drug-likeness (QED) is 0.466. The van der Waals surface area contributed by atoms with E-state index >= 15 is 0 Å². The Morgan fingerprint density at radius 2 is 1.96 bits per heavy atom. The van der Waals surface area contributed by atoms with Gasteiger partial charge in [0.25, 0.3) is 0 Å². The van der Waals surface area contributed by atoms with E-state index in [9.17, 15) is 0 Å². The van der Waals surface area contributed by atoms with Crippen molar-refractivity contribution < 1.29 is 9.26 Å². The highest BCUT2D eigenvalue weighted by Crippen LogP contribution is 2.22. The molecule has 6 nitrogen and oxygen atoms in total. The maximum Gasteiger partial charge on any atom is 0.191 e. The molecule has 3 rings (SSSR count). The highest BCUT2D eigenvalue weighted by Gasteiger charge is 2.07. The molecular formula is C21H23ClN4O2. The van der Waals surface area contributed by atoms with Gasteiger partial charge in [-0.2, -0.15) is 0 Å². The number of halogens is 1. The van der Waals surface area contributed by atoms with Crippen molar-refractivity contribution in [2.75, 3.05) is 20.7 Å². The fourth-order valence-electron chi connectivity index (χ4n) is 2.70. The Balaban J connectivity index is 1.48. The molecule has 1 aromatic heterocycles. The lowest BCUT2D eigenvalue weighted by Crippen LogP contribution is -2.37. The van der Waals surface area contributed by atoms with Crippen LogP contribution in [-0.4, -0.2) is 31.8 Å². The second kappa shape index (κ2) is 9.80. The van der Waals surface area contributed by atoms with Gasteiger partial charge < -0.3 is 19.9 Å². The zero-order chi connectivity index (χ0) is 19.8. The first-order valence-corrected chi connectivity index (χ1v) is 9.35. The molecule has 2 N–H and O–H groups in total. The number of benzene rings is 2. The first-order chi connectivity index (χ1) is 13.7. The third-order valence-electron chi connectivity index (χ3n) is 4.22. The van der Waals surface area contributed by atoms with Crippen molar-refractivity contribution in [1.82, 2.24) is 15.8 Å². The van der Waals surface area contributed by atoms with Crippen molar-refractivity contribution in [3.8, 4) is 17.1 Å². The molecule has 0 aliphatic carbocycles. The summed E-state index contributed by atoms with van der Waals surface area (Å²) in [7, 11) is 3.36. The minimum atomic E-state index is 0.513. The van der Waals surface area contributed by atoms with E-state index in [1.54, 1.807) is 14.2 Å². The van der Waals surface area contributed by atoms with E-state index in [1.165, 1.54) is 0 Å². The van der Waals surface area contributed by atoms with Crippen LogP contribution in [0.4, 0.5) is 0 Å². The molecule has 1 heterocycles. The molecule has 0 aliphatic rings. The summed E-state index contributed by atoms with van der Waals surface area (Å²) >= 11 is 6.28. The summed E-state index contributed by atoms with van der Waals surface area (Å²) in [6, 6.07) is 17.5. The van der Waals surface area contributed by atoms with E-state index in [4.69, 9.17) is 20.9 Å². The Morgan fingerprint density at radius 1 is 1.14 bits per heavy atom. The molecule has 7 heteroatoms. The minimum Gasteiger partial charge on any atom is -0.497 e. The van der Waals surface area contributed by atoms with Crippen LogP contribution in [-0.2, 0) is 13.0 Å². The second-order valence-electron chi connectivity index (χ2n) is 6.11. The van der Waals surface area contributed by atoms with E-state index in [2.05, 4.69) is 20.8 Å². The first-order valence-electron chi connectivity index (χ1n) is 8.97. The van der Waals surface area contributed by atoms with Gasteiger partial charge in [0, 0.05) is 30.2 Å². The van der Waals surface area contributed by atoms with Gasteiger partial charge in [0.15, 0.2) is 11.7 Å². The number of ether oxygens (including phenoxy) is 1. The van der Waals surface area contributed by atoms with Crippen LogP contribution in [0.5, 0.6) is 5.75 Å². The van der Waals surface area contributed by atoms with Crippen molar-refractivity contribution >= 4 is 17.6 Å². The van der Waals surface area contributed by atoms with Crippen molar-refractivity contribution in [3.63, 3.8) is 0 Å². The normalized spacial score (nSPS) is 11.3. The summed E-state index contributed by atoms with van der Waals surface area (Å²) in [5.74, 6) is 2.19. The fourth-order valence-corrected chi connectivity index (χ4v) is 2.97. The van der Waals surface area contributed by atoms with Gasteiger partial charge in [-0.05, 0) is 24.1 Å². The maximum atomic E-state index is 6.28. The average Bonchev–Trinajstić information content (AvgIpc) is 3.21. The number of aromatic nitrogens is 1. The third-order valence-corrected chi connectivity index (χ3v) is 4.58. The van der Waals surface area contributed by atoms with Gasteiger partial charge in [-0.1, -0.05) is 53.2 Å². The molecule has 0 amide bonds. The Morgan fingerprint density at radius 3 is 2.68 bits per heavy atom. The predicted molar refractivity (Wildman–Crippen MR) is 112 cm³/mol. The summed E-state index contributed by atoms with van der Waals surface area (Å²) < 4.78 is 10.6. The van der Waals surface area contributed by atoms with E-state index in [0.717, 1.165) is 34.8 Å². The molecule has 0 aliphatic heterocycles. The van der Waals surface area contributed by atoms with E-state index < -0.39 is 0 Å². The number of aliphatic imine (C=N–C) groups is 1. The molecule has 28 heavy (non-hydrogen) atoms. The zero-order valence-corrected chi connectivity index (χ0v) is 16.7. The molecule has 0 unspecified atom stereocenters. The lowest BCUT2D eigenvalue weighted by atomic mass is 10.1. The van der Waals surface area contributed by atoms with Crippen molar-refractivity contribution in [2.24, 2.45) is 4.99 Å². The smallest absolute Gasteiger partial charge is 0.191 e. The van der Waals surface area contributed by atoms with Crippen LogP contribution >= 0.6 is 11.6 Å². The summed E-state index contributed by atoms with van der Waals surface area (Å²) in [5.41, 5.74) is 2.86. The van der Waals surface area contributed by atoms with Crippen LogP contribution in [0.2, 0.25) is 5.02 Å². The molecule has 0 saturated carbocycles. The Hall–Kier alpha value is -2.99. The molecule has 0 radical (unpaired) electrons. The average molecular weight is 399 g/mol. The van der Waals surface area contributed by atoms with Crippen molar-refractivity contribution in [2.45, 2.75) is 13.0 Å². The molecule has 2 aromatic carbocycles. The Bertz CT molecular complexity index is 925. The van der Waals surface area contributed by atoms with Crippen LogP contribution in [0, 0.1) is 0 Å². The van der Waals surface area contributed by atoms with Crippen LogP contribution in [0.1, 0.15) is 11.3 Å². The number of guanidine groups is 1. The maximum absolute atomic E-state index is 6.28. The highest BCUT2D eigenvalue weighted by molar-refractivity contribution is 6.31. The topological polar surface area (TPSA) is 71.7 Å². The molecular weight excluding hydrogens is 376 g/mol. The van der Waals surface area contributed by atoms with Gasteiger partial charge >= 0.3 is 0 Å². The van der Waals surface area contributed by atoms with Gasteiger partial charge in [-0.15, -0.1) is 0 Å². The summed E-state index contributed by atoms with van der Waals surface area (Å²) in [4.78, 5) is 4.23.